The summed E-state index contributed by atoms with van der Waals surface area (Å²) in [6.07, 6.45) is 2.51. The Morgan fingerprint density at radius 2 is 1.89 bits per heavy atom. The van der Waals surface area contributed by atoms with Crippen LogP contribution in [0.4, 0.5) is 0 Å². The highest BCUT2D eigenvalue weighted by atomic mass is 16.2. The standard InChI is InChI=1S/C20H25N3O4/c1-14(24)17-8-5-13-22-19(26)12-10-16(20(27)23(17)22)21-18(25)11-9-15-6-3-2-4-7-15/h2-4,6-7,16-17H,5,8-13H2,1H3,(H,21,25)/t16-,17-/m0/s1. The number of aryl methyl sites for hydroxylation is 1. The molecule has 1 aromatic rings. The average Bonchev–Trinajstić information content (AvgIpc) is 2.79. The maximum Gasteiger partial charge on any atom is 0.264 e. The fourth-order valence-corrected chi connectivity index (χ4v) is 3.71. The molecule has 2 saturated heterocycles. The van der Waals surface area contributed by atoms with Crippen molar-refractivity contribution in [1.29, 1.82) is 0 Å². The molecule has 3 amide bonds. The monoisotopic (exact) mass is 371 g/mol. The highest BCUT2D eigenvalue weighted by Crippen LogP contribution is 2.25. The second-order valence-corrected chi connectivity index (χ2v) is 7.11. The molecule has 0 aliphatic carbocycles. The SMILES string of the molecule is CC(=O)[C@@H]1CCCN2C(=O)CC[C@H](NC(=O)CCc3ccccc3)C(=O)N12. The van der Waals surface area contributed by atoms with Crippen molar-refractivity contribution in [3.05, 3.63) is 35.9 Å². The van der Waals surface area contributed by atoms with E-state index >= 15 is 0 Å². The molecule has 0 saturated carbocycles. The van der Waals surface area contributed by atoms with Gasteiger partial charge in [0.25, 0.3) is 5.91 Å². The van der Waals surface area contributed by atoms with Crippen LogP contribution in [-0.2, 0) is 25.6 Å². The number of amides is 3. The lowest BCUT2D eigenvalue weighted by atomic mass is 10.0. The lowest BCUT2D eigenvalue weighted by Gasteiger charge is -2.42. The quantitative estimate of drug-likeness (QED) is 0.843. The van der Waals surface area contributed by atoms with Crippen molar-refractivity contribution < 1.29 is 19.2 Å². The summed E-state index contributed by atoms with van der Waals surface area (Å²) in [4.78, 5) is 49.8. The summed E-state index contributed by atoms with van der Waals surface area (Å²) in [6, 6.07) is 8.25. The number of hydrogen-bond donors (Lipinski definition) is 1. The van der Waals surface area contributed by atoms with Crippen LogP contribution in [0, 0.1) is 0 Å². The summed E-state index contributed by atoms with van der Waals surface area (Å²) >= 11 is 0. The molecule has 3 rings (SSSR count). The van der Waals surface area contributed by atoms with E-state index in [0.29, 0.717) is 25.8 Å². The average molecular weight is 371 g/mol. The van der Waals surface area contributed by atoms with E-state index in [4.69, 9.17) is 0 Å². The summed E-state index contributed by atoms with van der Waals surface area (Å²) in [7, 11) is 0. The Bertz CT molecular complexity index is 734. The van der Waals surface area contributed by atoms with Gasteiger partial charge in [0.1, 0.15) is 12.1 Å². The molecule has 2 aliphatic heterocycles. The zero-order valence-electron chi connectivity index (χ0n) is 15.5. The normalized spacial score (nSPS) is 22.9. The van der Waals surface area contributed by atoms with Gasteiger partial charge in [-0.15, -0.1) is 0 Å². The van der Waals surface area contributed by atoms with Crippen LogP contribution in [0.3, 0.4) is 0 Å². The van der Waals surface area contributed by atoms with Crippen molar-refractivity contribution >= 4 is 23.5 Å². The number of fused-ring (bicyclic) bond motifs is 1. The van der Waals surface area contributed by atoms with Crippen molar-refractivity contribution in [3.63, 3.8) is 0 Å². The molecule has 0 unspecified atom stereocenters. The fourth-order valence-electron chi connectivity index (χ4n) is 3.71. The van der Waals surface area contributed by atoms with Crippen LogP contribution in [0.15, 0.2) is 30.3 Å². The number of nitrogens with zero attached hydrogens (tertiary/aromatic N) is 2. The molecular formula is C20H25N3O4. The molecule has 1 N–H and O–H groups in total. The lowest BCUT2D eigenvalue weighted by Crippen LogP contribution is -2.61. The number of Topliss-reactive ketones (excluding diaryl/α,β-unsaturated/α-hetero) is 1. The maximum atomic E-state index is 13.0. The Hall–Kier alpha value is -2.70. The second kappa shape index (κ2) is 8.33. The summed E-state index contributed by atoms with van der Waals surface area (Å²) in [5.41, 5.74) is 1.05. The Balaban J connectivity index is 1.68. The molecule has 2 heterocycles. The molecule has 0 spiro atoms. The molecule has 7 nitrogen and oxygen atoms in total. The summed E-state index contributed by atoms with van der Waals surface area (Å²) < 4.78 is 0. The summed E-state index contributed by atoms with van der Waals surface area (Å²) in [5.74, 6) is -0.907. The van der Waals surface area contributed by atoms with Gasteiger partial charge in [-0.25, -0.2) is 5.01 Å². The first-order valence-corrected chi connectivity index (χ1v) is 9.44. The topological polar surface area (TPSA) is 86.8 Å². The van der Waals surface area contributed by atoms with Crippen LogP contribution in [0.1, 0.15) is 44.6 Å². The van der Waals surface area contributed by atoms with Crippen molar-refractivity contribution in [2.75, 3.05) is 6.54 Å². The van der Waals surface area contributed by atoms with E-state index < -0.39 is 12.1 Å². The van der Waals surface area contributed by atoms with E-state index in [2.05, 4.69) is 5.32 Å². The van der Waals surface area contributed by atoms with Gasteiger partial charge in [0.2, 0.25) is 11.8 Å². The van der Waals surface area contributed by atoms with Crippen molar-refractivity contribution in [1.82, 2.24) is 15.3 Å². The number of rotatable bonds is 5. The largest absolute Gasteiger partial charge is 0.344 e. The predicted octanol–water partition coefficient (Wildman–Crippen LogP) is 1.22. The predicted molar refractivity (Wildman–Crippen MR) is 98.2 cm³/mol. The van der Waals surface area contributed by atoms with E-state index in [9.17, 15) is 19.2 Å². The van der Waals surface area contributed by atoms with Crippen molar-refractivity contribution in [2.24, 2.45) is 0 Å². The molecule has 2 atom stereocenters. The molecule has 2 fully saturated rings. The minimum atomic E-state index is -0.776. The molecule has 144 valence electrons. The number of hydrazine groups is 1. The van der Waals surface area contributed by atoms with E-state index in [1.54, 1.807) is 0 Å². The van der Waals surface area contributed by atoms with Gasteiger partial charge in [0.15, 0.2) is 5.78 Å². The summed E-state index contributed by atoms with van der Waals surface area (Å²) in [5, 5.41) is 5.46. The van der Waals surface area contributed by atoms with Gasteiger partial charge in [-0.1, -0.05) is 30.3 Å². The van der Waals surface area contributed by atoms with E-state index in [0.717, 1.165) is 5.56 Å². The first kappa shape index (κ1) is 19.1. The third-order valence-electron chi connectivity index (χ3n) is 5.15. The minimum absolute atomic E-state index is 0.142. The van der Waals surface area contributed by atoms with Crippen LogP contribution >= 0.6 is 0 Å². The van der Waals surface area contributed by atoms with Gasteiger partial charge in [0.05, 0.1) is 0 Å². The zero-order chi connectivity index (χ0) is 19.4. The van der Waals surface area contributed by atoms with Crippen LogP contribution in [-0.4, -0.2) is 52.2 Å². The molecule has 2 aliphatic rings. The molecule has 1 aromatic carbocycles. The smallest absolute Gasteiger partial charge is 0.264 e. The van der Waals surface area contributed by atoms with Gasteiger partial charge in [-0.05, 0) is 38.2 Å². The van der Waals surface area contributed by atoms with Crippen molar-refractivity contribution in [3.8, 4) is 0 Å². The van der Waals surface area contributed by atoms with E-state index in [1.807, 2.05) is 30.3 Å². The number of ketones is 1. The van der Waals surface area contributed by atoms with Gasteiger partial charge in [-0.2, -0.15) is 0 Å². The third-order valence-corrected chi connectivity index (χ3v) is 5.15. The number of hydrogen-bond acceptors (Lipinski definition) is 4. The molecule has 0 radical (unpaired) electrons. The van der Waals surface area contributed by atoms with Gasteiger partial charge in [-0.3, -0.25) is 24.2 Å². The first-order valence-electron chi connectivity index (χ1n) is 9.44. The van der Waals surface area contributed by atoms with E-state index in [-0.39, 0.29) is 42.8 Å². The Labute approximate surface area is 158 Å². The Morgan fingerprint density at radius 1 is 1.15 bits per heavy atom. The van der Waals surface area contributed by atoms with E-state index in [1.165, 1.54) is 16.9 Å². The molecule has 0 bridgehead atoms. The molecule has 0 aromatic heterocycles. The lowest BCUT2D eigenvalue weighted by molar-refractivity contribution is -0.175. The molecular weight excluding hydrogens is 346 g/mol. The number of benzene rings is 1. The minimum Gasteiger partial charge on any atom is -0.344 e. The maximum absolute atomic E-state index is 13.0. The Morgan fingerprint density at radius 3 is 2.59 bits per heavy atom. The van der Waals surface area contributed by atoms with Crippen LogP contribution in [0.5, 0.6) is 0 Å². The second-order valence-electron chi connectivity index (χ2n) is 7.11. The van der Waals surface area contributed by atoms with Crippen LogP contribution < -0.4 is 5.32 Å². The summed E-state index contributed by atoms with van der Waals surface area (Å²) in [6.45, 7) is 1.87. The highest BCUT2D eigenvalue weighted by molar-refractivity contribution is 5.95. The number of nitrogens with one attached hydrogen (secondary N) is 1. The first-order chi connectivity index (χ1) is 13.0. The van der Waals surface area contributed by atoms with Crippen LogP contribution in [0.25, 0.3) is 0 Å². The Kier molecular flexibility index (Phi) is 5.88. The number of carbonyl (C=O) groups excluding carboxylic acids is 4. The zero-order valence-corrected chi connectivity index (χ0v) is 15.5. The van der Waals surface area contributed by atoms with Gasteiger partial charge < -0.3 is 5.32 Å². The highest BCUT2D eigenvalue weighted by Gasteiger charge is 2.43. The number of carbonyl (C=O) groups is 4. The fraction of sp³-hybridized carbons (Fsp3) is 0.500. The van der Waals surface area contributed by atoms with Gasteiger partial charge in [0, 0.05) is 19.4 Å². The third kappa shape index (κ3) is 4.35. The molecule has 7 heteroatoms. The van der Waals surface area contributed by atoms with Gasteiger partial charge >= 0.3 is 0 Å². The van der Waals surface area contributed by atoms with Crippen LogP contribution in [0.2, 0.25) is 0 Å². The van der Waals surface area contributed by atoms with Crippen molar-refractivity contribution in [2.45, 2.75) is 57.5 Å². The molecule has 27 heavy (non-hydrogen) atoms.